The van der Waals surface area contributed by atoms with Gasteiger partial charge < -0.3 is 9.30 Å². The number of fused-ring (bicyclic) bond motifs is 1. The molecule has 102 valence electrons. The van der Waals surface area contributed by atoms with Crippen molar-refractivity contribution in [3.63, 3.8) is 0 Å². The lowest BCUT2D eigenvalue weighted by atomic mass is 10.2. The van der Waals surface area contributed by atoms with Gasteiger partial charge in [0.2, 0.25) is 0 Å². The van der Waals surface area contributed by atoms with Crippen molar-refractivity contribution in [3.05, 3.63) is 60.6 Å². The highest BCUT2D eigenvalue weighted by molar-refractivity contribution is 5.81. The molecule has 0 amide bonds. The Morgan fingerprint density at radius 3 is 2.65 bits per heavy atom. The molecule has 0 aliphatic rings. The van der Waals surface area contributed by atoms with Crippen molar-refractivity contribution in [2.75, 3.05) is 0 Å². The van der Waals surface area contributed by atoms with E-state index in [1.807, 2.05) is 44.4 Å². The molecule has 1 aromatic carbocycles. The van der Waals surface area contributed by atoms with Gasteiger partial charge in [-0.05, 0) is 55.8 Å². The summed E-state index contributed by atoms with van der Waals surface area (Å²) in [5, 5.41) is 1.21. The summed E-state index contributed by atoms with van der Waals surface area (Å²) in [4.78, 5) is 4.05. The van der Waals surface area contributed by atoms with Crippen LogP contribution in [0.15, 0.2) is 55.0 Å². The van der Waals surface area contributed by atoms with Gasteiger partial charge in [0.15, 0.2) is 0 Å². The first-order chi connectivity index (χ1) is 9.72. The molecule has 0 saturated carbocycles. The van der Waals surface area contributed by atoms with E-state index < -0.39 is 0 Å². The number of aromatic nitrogens is 2. The lowest BCUT2D eigenvalue weighted by molar-refractivity contribution is 0.243. The largest absolute Gasteiger partial charge is 0.491 e. The molecule has 3 aromatic rings. The lowest BCUT2D eigenvalue weighted by Gasteiger charge is -2.10. The van der Waals surface area contributed by atoms with Crippen molar-refractivity contribution in [3.8, 4) is 5.75 Å². The van der Waals surface area contributed by atoms with Crippen LogP contribution < -0.4 is 4.74 Å². The van der Waals surface area contributed by atoms with Crippen molar-refractivity contribution >= 4 is 10.9 Å². The van der Waals surface area contributed by atoms with Crippen LogP contribution in [-0.4, -0.2) is 15.7 Å². The second-order valence-corrected chi connectivity index (χ2v) is 5.19. The van der Waals surface area contributed by atoms with E-state index in [4.69, 9.17) is 4.74 Å². The molecular weight excluding hydrogens is 248 g/mol. The van der Waals surface area contributed by atoms with E-state index in [1.54, 1.807) is 0 Å². The van der Waals surface area contributed by atoms with Crippen LogP contribution in [0.2, 0.25) is 0 Å². The maximum Gasteiger partial charge on any atom is 0.120 e. The van der Waals surface area contributed by atoms with Gasteiger partial charge in [-0.2, -0.15) is 0 Å². The first-order valence-corrected chi connectivity index (χ1v) is 6.87. The molecule has 0 radical (unpaired) electrons. The van der Waals surface area contributed by atoms with Crippen molar-refractivity contribution in [2.24, 2.45) is 0 Å². The zero-order valence-corrected chi connectivity index (χ0v) is 11.8. The van der Waals surface area contributed by atoms with Gasteiger partial charge in [-0.3, -0.25) is 4.98 Å². The average molecular weight is 266 g/mol. The number of nitrogens with zero attached hydrogens (tertiary/aromatic N) is 2. The van der Waals surface area contributed by atoms with E-state index >= 15 is 0 Å². The van der Waals surface area contributed by atoms with Gasteiger partial charge in [-0.25, -0.2) is 0 Å². The van der Waals surface area contributed by atoms with Gasteiger partial charge >= 0.3 is 0 Å². The molecule has 0 N–H and O–H groups in total. The highest BCUT2D eigenvalue weighted by Gasteiger charge is 2.04. The number of pyridine rings is 1. The second-order valence-electron chi connectivity index (χ2n) is 5.19. The van der Waals surface area contributed by atoms with Crippen LogP contribution in [0.5, 0.6) is 5.75 Å². The predicted molar refractivity (Wildman–Crippen MR) is 81.0 cm³/mol. The predicted octanol–water partition coefficient (Wildman–Crippen LogP) is 3.87. The van der Waals surface area contributed by atoms with Gasteiger partial charge in [0.05, 0.1) is 6.10 Å². The first-order valence-electron chi connectivity index (χ1n) is 6.87. The number of hydrogen-bond acceptors (Lipinski definition) is 2. The summed E-state index contributed by atoms with van der Waals surface area (Å²) in [5.74, 6) is 0.925. The number of benzene rings is 1. The van der Waals surface area contributed by atoms with Crippen LogP contribution in [0.4, 0.5) is 0 Å². The standard InChI is InChI=1S/C17H18N2O/c1-13(2)20-16-3-4-17-15(11-16)7-10-19(17)12-14-5-8-18-9-6-14/h3-11,13H,12H2,1-2H3. The SMILES string of the molecule is CC(C)Oc1ccc2c(ccn2Cc2ccncc2)c1. The van der Waals surface area contributed by atoms with Gasteiger partial charge in [0.25, 0.3) is 0 Å². The molecular formula is C17H18N2O. The Bertz CT molecular complexity index is 701. The van der Waals surface area contributed by atoms with Gasteiger partial charge in [0, 0.05) is 36.0 Å². The van der Waals surface area contributed by atoms with Crippen molar-refractivity contribution < 1.29 is 4.74 Å². The minimum absolute atomic E-state index is 0.200. The Morgan fingerprint density at radius 2 is 1.90 bits per heavy atom. The first kappa shape index (κ1) is 12.7. The van der Waals surface area contributed by atoms with Crippen LogP contribution in [0.3, 0.4) is 0 Å². The molecule has 3 nitrogen and oxygen atoms in total. The average Bonchev–Trinajstić information content (AvgIpc) is 2.82. The highest BCUT2D eigenvalue weighted by Crippen LogP contribution is 2.23. The molecule has 0 saturated heterocycles. The molecule has 20 heavy (non-hydrogen) atoms. The quantitative estimate of drug-likeness (QED) is 0.716. The summed E-state index contributed by atoms with van der Waals surface area (Å²) < 4.78 is 7.97. The Labute approximate surface area is 118 Å². The molecule has 2 aromatic heterocycles. The third-order valence-electron chi connectivity index (χ3n) is 3.22. The molecule has 0 fully saturated rings. The van der Waals surface area contributed by atoms with E-state index in [-0.39, 0.29) is 6.10 Å². The zero-order valence-electron chi connectivity index (χ0n) is 11.8. The summed E-state index contributed by atoms with van der Waals surface area (Å²) in [6.45, 7) is 4.94. The minimum atomic E-state index is 0.200. The zero-order chi connectivity index (χ0) is 13.9. The summed E-state index contributed by atoms with van der Waals surface area (Å²) >= 11 is 0. The number of hydrogen-bond donors (Lipinski definition) is 0. The van der Waals surface area contributed by atoms with Crippen molar-refractivity contribution in [1.82, 2.24) is 9.55 Å². The van der Waals surface area contributed by atoms with Crippen molar-refractivity contribution in [2.45, 2.75) is 26.5 Å². The molecule has 0 aliphatic heterocycles. The van der Waals surface area contributed by atoms with E-state index in [0.717, 1.165) is 12.3 Å². The Balaban J connectivity index is 1.90. The molecule has 3 rings (SSSR count). The molecule has 2 heterocycles. The smallest absolute Gasteiger partial charge is 0.120 e. The summed E-state index contributed by atoms with van der Waals surface area (Å²) in [7, 11) is 0. The monoisotopic (exact) mass is 266 g/mol. The Hall–Kier alpha value is -2.29. The Kier molecular flexibility index (Phi) is 3.42. The third-order valence-corrected chi connectivity index (χ3v) is 3.22. The van der Waals surface area contributed by atoms with Crippen LogP contribution in [0, 0.1) is 0 Å². The molecule has 3 heteroatoms. The van der Waals surface area contributed by atoms with E-state index in [0.29, 0.717) is 0 Å². The van der Waals surface area contributed by atoms with Gasteiger partial charge in [-0.15, -0.1) is 0 Å². The number of ether oxygens (including phenoxy) is 1. The van der Waals surface area contributed by atoms with Crippen LogP contribution in [0.25, 0.3) is 10.9 Å². The fraction of sp³-hybridized carbons (Fsp3) is 0.235. The maximum absolute atomic E-state index is 5.73. The second kappa shape index (κ2) is 5.37. The summed E-state index contributed by atoms with van der Waals surface area (Å²) in [5.41, 5.74) is 2.47. The molecule has 0 aliphatic carbocycles. The summed E-state index contributed by atoms with van der Waals surface area (Å²) in [6, 6.07) is 12.5. The van der Waals surface area contributed by atoms with Crippen LogP contribution in [0.1, 0.15) is 19.4 Å². The molecule has 0 atom stereocenters. The molecule has 0 bridgehead atoms. The van der Waals surface area contributed by atoms with E-state index in [1.165, 1.54) is 16.5 Å². The fourth-order valence-electron chi connectivity index (χ4n) is 2.35. The van der Waals surface area contributed by atoms with Gasteiger partial charge in [-0.1, -0.05) is 0 Å². The van der Waals surface area contributed by atoms with Crippen LogP contribution in [-0.2, 0) is 6.54 Å². The van der Waals surface area contributed by atoms with Crippen LogP contribution >= 0.6 is 0 Å². The third kappa shape index (κ3) is 2.67. The van der Waals surface area contributed by atoms with Gasteiger partial charge in [0.1, 0.15) is 5.75 Å². The maximum atomic E-state index is 5.73. The summed E-state index contributed by atoms with van der Waals surface area (Å²) in [6.07, 6.45) is 5.97. The van der Waals surface area contributed by atoms with Crippen molar-refractivity contribution in [1.29, 1.82) is 0 Å². The Morgan fingerprint density at radius 1 is 1.10 bits per heavy atom. The van der Waals surface area contributed by atoms with E-state index in [2.05, 4.69) is 33.9 Å². The van der Waals surface area contributed by atoms with E-state index in [9.17, 15) is 0 Å². The molecule has 0 unspecified atom stereocenters. The highest BCUT2D eigenvalue weighted by atomic mass is 16.5. The minimum Gasteiger partial charge on any atom is -0.491 e. The lowest BCUT2D eigenvalue weighted by Crippen LogP contribution is -2.05. The normalized spacial score (nSPS) is 11.2. The molecule has 0 spiro atoms. The number of rotatable bonds is 4. The fourth-order valence-corrected chi connectivity index (χ4v) is 2.35. The topological polar surface area (TPSA) is 27.1 Å².